The van der Waals surface area contributed by atoms with Gasteiger partial charge < -0.3 is 4.18 Å². The maximum atomic E-state index is 11.7. The van der Waals surface area contributed by atoms with E-state index in [1.54, 1.807) is 0 Å². The molecule has 18 heavy (non-hydrogen) atoms. The Morgan fingerprint density at radius 1 is 1.50 bits per heavy atom. The quantitative estimate of drug-likeness (QED) is 0.570. The SMILES string of the molecule is C#CCCC(C(=O)OS(C)(=O)=O)c1cncnc1. The third kappa shape index (κ3) is 4.51. The number of hydrogen-bond acceptors (Lipinski definition) is 6. The van der Waals surface area contributed by atoms with Gasteiger partial charge in [0, 0.05) is 24.4 Å². The molecule has 0 spiro atoms. The molecule has 6 nitrogen and oxygen atoms in total. The molecule has 0 amide bonds. The van der Waals surface area contributed by atoms with Crippen molar-refractivity contribution in [1.29, 1.82) is 0 Å². The first-order valence-electron chi connectivity index (χ1n) is 5.05. The Labute approximate surface area is 106 Å². The molecule has 0 aliphatic rings. The molecule has 1 unspecified atom stereocenters. The van der Waals surface area contributed by atoms with Crippen LogP contribution in [0.1, 0.15) is 24.3 Å². The van der Waals surface area contributed by atoms with Gasteiger partial charge in [0.1, 0.15) is 6.33 Å². The number of nitrogens with zero attached hydrogens (tertiary/aromatic N) is 2. The van der Waals surface area contributed by atoms with E-state index in [0.29, 0.717) is 12.0 Å². The summed E-state index contributed by atoms with van der Waals surface area (Å²) >= 11 is 0. The lowest BCUT2D eigenvalue weighted by molar-refractivity contribution is -0.135. The Hall–Kier alpha value is -1.94. The Kier molecular flexibility index (Phi) is 4.80. The molecule has 0 aliphatic heterocycles. The molecule has 1 heterocycles. The zero-order chi connectivity index (χ0) is 13.6. The highest BCUT2D eigenvalue weighted by atomic mass is 32.2. The first kappa shape index (κ1) is 14.1. The number of carbonyl (C=O) groups excluding carboxylic acids is 1. The number of hydrogen-bond donors (Lipinski definition) is 0. The van der Waals surface area contributed by atoms with E-state index in [9.17, 15) is 13.2 Å². The van der Waals surface area contributed by atoms with Crippen LogP contribution in [0.2, 0.25) is 0 Å². The van der Waals surface area contributed by atoms with E-state index in [0.717, 1.165) is 6.26 Å². The molecule has 0 saturated heterocycles. The average molecular weight is 268 g/mol. The van der Waals surface area contributed by atoms with E-state index >= 15 is 0 Å². The molecule has 96 valence electrons. The van der Waals surface area contributed by atoms with Crippen LogP contribution in [0.3, 0.4) is 0 Å². The zero-order valence-corrected chi connectivity index (χ0v) is 10.6. The van der Waals surface area contributed by atoms with Gasteiger partial charge >= 0.3 is 16.1 Å². The van der Waals surface area contributed by atoms with Crippen LogP contribution >= 0.6 is 0 Å². The van der Waals surface area contributed by atoms with Crippen molar-refractivity contribution in [2.45, 2.75) is 18.8 Å². The molecule has 0 bridgehead atoms. The summed E-state index contributed by atoms with van der Waals surface area (Å²) in [6, 6.07) is 0. The van der Waals surface area contributed by atoms with Crippen LogP contribution in [0.25, 0.3) is 0 Å². The van der Waals surface area contributed by atoms with Crippen LogP contribution in [-0.2, 0) is 19.1 Å². The molecular weight excluding hydrogens is 256 g/mol. The van der Waals surface area contributed by atoms with E-state index in [1.165, 1.54) is 18.7 Å². The molecule has 0 radical (unpaired) electrons. The second-order valence-electron chi connectivity index (χ2n) is 3.57. The van der Waals surface area contributed by atoms with Crippen LogP contribution in [0.5, 0.6) is 0 Å². The van der Waals surface area contributed by atoms with E-state index in [1.807, 2.05) is 0 Å². The van der Waals surface area contributed by atoms with Crippen LogP contribution in [0.15, 0.2) is 18.7 Å². The van der Waals surface area contributed by atoms with Gasteiger partial charge in [0.2, 0.25) is 0 Å². The molecular formula is C11H12N2O4S. The zero-order valence-electron chi connectivity index (χ0n) is 9.74. The first-order chi connectivity index (χ1) is 8.44. The summed E-state index contributed by atoms with van der Waals surface area (Å²) in [4.78, 5) is 19.3. The third-order valence-corrected chi connectivity index (χ3v) is 2.55. The van der Waals surface area contributed by atoms with Crippen LogP contribution < -0.4 is 0 Å². The highest BCUT2D eigenvalue weighted by Crippen LogP contribution is 2.22. The molecule has 1 rings (SSSR count). The van der Waals surface area contributed by atoms with Gasteiger partial charge in [0.25, 0.3) is 0 Å². The van der Waals surface area contributed by atoms with Crippen LogP contribution in [0, 0.1) is 12.3 Å². The molecule has 0 saturated carbocycles. The number of carbonyl (C=O) groups is 1. The van der Waals surface area contributed by atoms with Gasteiger partial charge in [-0.15, -0.1) is 12.3 Å². The highest BCUT2D eigenvalue weighted by molar-refractivity contribution is 7.86. The summed E-state index contributed by atoms with van der Waals surface area (Å²) in [5.41, 5.74) is 0.474. The van der Waals surface area contributed by atoms with Crippen molar-refractivity contribution in [3.63, 3.8) is 0 Å². The Bertz CT molecular complexity index is 548. The number of rotatable bonds is 5. The summed E-state index contributed by atoms with van der Waals surface area (Å²) in [7, 11) is -3.84. The number of aromatic nitrogens is 2. The fourth-order valence-corrected chi connectivity index (χ4v) is 1.76. The molecule has 0 N–H and O–H groups in total. The summed E-state index contributed by atoms with van der Waals surface area (Å²) in [5, 5.41) is 0. The summed E-state index contributed by atoms with van der Waals surface area (Å²) in [6.45, 7) is 0. The molecule has 0 aromatic carbocycles. The minimum atomic E-state index is -3.84. The van der Waals surface area contributed by atoms with Crippen LogP contribution in [-0.4, -0.2) is 30.6 Å². The summed E-state index contributed by atoms with van der Waals surface area (Å²) < 4.78 is 26.2. The Balaban J connectivity index is 2.92. The average Bonchev–Trinajstić information content (AvgIpc) is 2.28. The van der Waals surface area contributed by atoms with Gasteiger partial charge in [-0.2, -0.15) is 8.42 Å². The Morgan fingerprint density at radius 2 is 2.11 bits per heavy atom. The van der Waals surface area contributed by atoms with Crippen molar-refractivity contribution in [2.75, 3.05) is 6.26 Å². The summed E-state index contributed by atoms with van der Waals surface area (Å²) in [6.07, 6.45) is 10.7. The second-order valence-corrected chi connectivity index (χ2v) is 5.15. The van der Waals surface area contributed by atoms with Crippen molar-refractivity contribution in [2.24, 2.45) is 0 Å². The molecule has 0 aliphatic carbocycles. The first-order valence-corrected chi connectivity index (χ1v) is 6.87. The Morgan fingerprint density at radius 3 is 2.61 bits per heavy atom. The molecule has 1 aromatic heterocycles. The number of terminal acetylenes is 1. The summed E-state index contributed by atoms with van der Waals surface area (Å²) in [5.74, 6) is 0.734. The fraction of sp³-hybridized carbons (Fsp3) is 0.364. The smallest absolute Gasteiger partial charge is 0.329 e. The minimum absolute atomic E-state index is 0.276. The molecule has 1 aromatic rings. The van der Waals surface area contributed by atoms with Crippen molar-refractivity contribution in [3.8, 4) is 12.3 Å². The molecule has 1 atom stereocenters. The predicted molar refractivity (Wildman–Crippen MR) is 63.8 cm³/mol. The van der Waals surface area contributed by atoms with E-state index < -0.39 is 22.0 Å². The fourth-order valence-electron chi connectivity index (χ4n) is 1.35. The monoisotopic (exact) mass is 268 g/mol. The minimum Gasteiger partial charge on any atom is -0.345 e. The van der Waals surface area contributed by atoms with Gasteiger partial charge in [-0.05, 0) is 6.42 Å². The standard InChI is InChI=1S/C11H12N2O4S/c1-3-4-5-10(9-6-12-8-13-7-9)11(14)17-18(2,15)16/h1,6-8,10H,4-5H2,2H3. The maximum absolute atomic E-state index is 11.7. The van der Waals surface area contributed by atoms with Gasteiger partial charge in [-0.25, -0.2) is 9.97 Å². The van der Waals surface area contributed by atoms with Crippen molar-refractivity contribution in [1.82, 2.24) is 9.97 Å². The van der Waals surface area contributed by atoms with E-state index in [4.69, 9.17) is 6.42 Å². The lowest BCUT2D eigenvalue weighted by Crippen LogP contribution is -2.19. The molecule has 0 fully saturated rings. The van der Waals surface area contributed by atoms with Gasteiger partial charge in [-0.1, -0.05) is 0 Å². The second kappa shape index (κ2) is 6.12. The van der Waals surface area contributed by atoms with Crippen molar-refractivity contribution >= 4 is 16.1 Å². The predicted octanol–water partition coefficient (Wildman–Crippen LogP) is 0.476. The lowest BCUT2D eigenvalue weighted by atomic mass is 9.97. The van der Waals surface area contributed by atoms with Gasteiger partial charge in [-0.3, -0.25) is 4.79 Å². The normalized spacial score (nSPS) is 12.4. The van der Waals surface area contributed by atoms with Crippen LogP contribution in [0.4, 0.5) is 0 Å². The molecule has 7 heteroatoms. The lowest BCUT2D eigenvalue weighted by Gasteiger charge is -2.13. The van der Waals surface area contributed by atoms with Gasteiger partial charge in [0.15, 0.2) is 0 Å². The maximum Gasteiger partial charge on any atom is 0.329 e. The van der Waals surface area contributed by atoms with Crippen molar-refractivity contribution in [3.05, 3.63) is 24.3 Å². The van der Waals surface area contributed by atoms with E-state index in [2.05, 4.69) is 20.1 Å². The van der Waals surface area contributed by atoms with Crippen molar-refractivity contribution < 1.29 is 17.4 Å². The topological polar surface area (TPSA) is 86.2 Å². The highest BCUT2D eigenvalue weighted by Gasteiger charge is 2.25. The third-order valence-electron chi connectivity index (χ3n) is 2.08. The van der Waals surface area contributed by atoms with E-state index in [-0.39, 0.29) is 6.42 Å². The van der Waals surface area contributed by atoms with Gasteiger partial charge in [0.05, 0.1) is 12.2 Å². The largest absolute Gasteiger partial charge is 0.345 e.